The zero-order chi connectivity index (χ0) is 12.5. The van der Waals surface area contributed by atoms with Gasteiger partial charge in [0.1, 0.15) is 11.6 Å². The van der Waals surface area contributed by atoms with E-state index in [1.54, 1.807) is 0 Å². The molecule has 0 aromatic heterocycles. The Kier molecular flexibility index (Phi) is 3.11. The van der Waals surface area contributed by atoms with E-state index >= 15 is 0 Å². The van der Waals surface area contributed by atoms with Crippen molar-refractivity contribution in [3.8, 4) is 0 Å². The lowest BCUT2D eigenvalue weighted by atomic mass is 9.98. The van der Waals surface area contributed by atoms with Crippen LogP contribution in [0.5, 0.6) is 0 Å². The van der Waals surface area contributed by atoms with Crippen molar-refractivity contribution in [2.45, 2.75) is 31.2 Å². The number of nitrogens with one attached hydrogen (secondary N) is 1. The van der Waals surface area contributed by atoms with E-state index in [1.165, 1.54) is 0 Å². The van der Waals surface area contributed by atoms with Crippen molar-refractivity contribution in [2.24, 2.45) is 5.73 Å². The van der Waals surface area contributed by atoms with Gasteiger partial charge in [-0.25, -0.2) is 8.78 Å². The molecule has 1 aliphatic rings. The second-order valence-electron chi connectivity index (χ2n) is 4.44. The van der Waals surface area contributed by atoms with Crippen LogP contribution in [0.25, 0.3) is 0 Å². The predicted molar refractivity (Wildman–Crippen MR) is 60.4 cm³/mol. The van der Waals surface area contributed by atoms with Crippen LogP contribution in [0, 0.1) is 11.6 Å². The molecule has 0 unspecified atom stereocenters. The van der Waals surface area contributed by atoms with Gasteiger partial charge in [-0.2, -0.15) is 0 Å². The highest BCUT2D eigenvalue weighted by Gasteiger charge is 2.37. The summed E-state index contributed by atoms with van der Waals surface area (Å²) in [6.07, 6.45) is 2.93. The van der Waals surface area contributed by atoms with Gasteiger partial charge in [0.05, 0.1) is 11.2 Å². The van der Waals surface area contributed by atoms with E-state index in [1.807, 2.05) is 0 Å². The van der Waals surface area contributed by atoms with Crippen LogP contribution in [0.1, 0.15) is 25.7 Å². The molecule has 17 heavy (non-hydrogen) atoms. The number of benzene rings is 1. The summed E-state index contributed by atoms with van der Waals surface area (Å²) in [4.78, 5) is 11.9. The Hall–Kier alpha value is -1.49. The Morgan fingerprint density at radius 1 is 1.29 bits per heavy atom. The first-order chi connectivity index (χ1) is 8.01. The molecular formula is C12H14F2N2O. The molecule has 3 nitrogen and oxygen atoms in total. The molecule has 5 heteroatoms. The largest absolute Gasteiger partial charge is 0.322 e. The second-order valence-corrected chi connectivity index (χ2v) is 4.44. The van der Waals surface area contributed by atoms with Gasteiger partial charge in [-0.3, -0.25) is 4.79 Å². The molecule has 0 heterocycles. The second kappa shape index (κ2) is 4.41. The number of carbonyl (C=O) groups is 1. The number of rotatable bonds is 2. The normalized spacial score (nSPS) is 18.1. The number of amides is 1. The third kappa shape index (κ3) is 2.44. The zero-order valence-electron chi connectivity index (χ0n) is 9.30. The van der Waals surface area contributed by atoms with Gasteiger partial charge in [0, 0.05) is 6.07 Å². The maximum absolute atomic E-state index is 13.3. The van der Waals surface area contributed by atoms with Crippen molar-refractivity contribution in [3.63, 3.8) is 0 Å². The summed E-state index contributed by atoms with van der Waals surface area (Å²) in [6.45, 7) is 0. The van der Waals surface area contributed by atoms with Gasteiger partial charge in [-0.05, 0) is 25.0 Å². The average Bonchev–Trinajstić information content (AvgIpc) is 2.72. The standard InChI is InChI=1S/C12H14F2N2O/c13-8-3-4-9(14)10(7-8)16-11(17)12(15)5-1-2-6-12/h3-4,7H,1-2,5-6,15H2,(H,16,17). The van der Waals surface area contributed by atoms with Gasteiger partial charge < -0.3 is 11.1 Å². The molecule has 1 fully saturated rings. The number of hydrogen-bond acceptors (Lipinski definition) is 2. The maximum atomic E-state index is 13.3. The van der Waals surface area contributed by atoms with Crippen molar-refractivity contribution in [3.05, 3.63) is 29.8 Å². The molecule has 0 radical (unpaired) electrons. The monoisotopic (exact) mass is 240 g/mol. The summed E-state index contributed by atoms with van der Waals surface area (Å²) in [5.41, 5.74) is 4.80. The summed E-state index contributed by atoms with van der Waals surface area (Å²) in [6, 6.07) is 2.92. The SMILES string of the molecule is NC1(C(=O)Nc2cc(F)ccc2F)CCCC1. The number of halogens is 2. The molecule has 1 saturated carbocycles. The fourth-order valence-corrected chi connectivity index (χ4v) is 2.07. The Morgan fingerprint density at radius 2 is 1.94 bits per heavy atom. The van der Waals surface area contributed by atoms with Gasteiger partial charge in [0.15, 0.2) is 0 Å². The van der Waals surface area contributed by atoms with Crippen molar-refractivity contribution in [2.75, 3.05) is 5.32 Å². The molecule has 0 aliphatic heterocycles. The first-order valence-electron chi connectivity index (χ1n) is 5.57. The maximum Gasteiger partial charge on any atom is 0.244 e. The minimum atomic E-state index is -0.946. The molecule has 0 spiro atoms. The van der Waals surface area contributed by atoms with E-state index in [4.69, 9.17) is 5.73 Å². The minimum absolute atomic E-state index is 0.160. The molecule has 1 aromatic rings. The van der Waals surface area contributed by atoms with Crippen LogP contribution < -0.4 is 11.1 Å². The van der Waals surface area contributed by atoms with E-state index in [9.17, 15) is 13.6 Å². The first-order valence-corrected chi connectivity index (χ1v) is 5.57. The van der Waals surface area contributed by atoms with Crippen molar-refractivity contribution in [1.29, 1.82) is 0 Å². The Balaban J connectivity index is 2.15. The van der Waals surface area contributed by atoms with Crippen molar-refractivity contribution >= 4 is 11.6 Å². The Labute approximate surface area is 98.0 Å². The lowest BCUT2D eigenvalue weighted by Crippen LogP contribution is -2.48. The van der Waals surface area contributed by atoms with Crippen LogP contribution in [0.15, 0.2) is 18.2 Å². The van der Waals surface area contributed by atoms with Crippen LogP contribution >= 0.6 is 0 Å². The number of nitrogens with two attached hydrogens (primary N) is 1. The highest BCUT2D eigenvalue weighted by molar-refractivity contribution is 5.98. The van der Waals surface area contributed by atoms with Crippen LogP contribution in [0.2, 0.25) is 0 Å². The van der Waals surface area contributed by atoms with E-state index in [-0.39, 0.29) is 5.69 Å². The fraction of sp³-hybridized carbons (Fsp3) is 0.417. The third-order valence-electron chi connectivity index (χ3n) is 3.12. The van der Waals surface area contributed by atoms with E-state index in [2.05, 4.69) is 5.32 Å². The van der Waals surface area contributed by atoms with E-state index < -0.39 is 23.1 Å². The molecule has 1 aromatic carbocycles. The molecule has 1 amide bonds. The molecule has 0 atom stereocenters. The van der Waals surface area contributed by atoms with Gasteiger partial charge in [-0.1, -0.05) is 12.8 Å². The van der Waals surface area contributed by atoms with Gasteiger partial charge in [0.25, 0.3) is 0 Å². The molecule has 0 bridgehead atoms. The number of anilines is 1. The Bertz CT molecular complexity index is 442. The van der Waals surface area contributed by atoms with Crippen LogP contribution in [0.3, 0.4) is 0 Å². The molecule has 2 rings (SSSR count). The summed E-state index contributed by atoms with van der Waals surface area (Å²) in [7, 11) is 0. The topological polar surface area (TPSA) is 55.1 Å². The molecule has 1 aliphatic carbocycles. The lowest BCUT2D eigenvalue weighted by Gasteiger charge is -2.22. The first kappa shape index (κ1) is 12.0. The van der Waals surface area contributed by atoms with E-state index in [0.29, 0.717) is 12.8 Å². The lowest BCUT2D eigenvalue weighted by molar-refractivity contribution is -0.121. The van der Waals surface area contributed by atoms with Crippen LogP contribution in [0.4, 0.5) is 14.5 Å². The van der Waals surface area contributed by atoms with Gasteiger partial charge >= 0.3 is 0 Å². The Morgan fingerprint density at radius 3 is 2.59 bits per heavy atom. The van der Waals surface area contributed by atoms with Crippen LogP contribution in [-0.2, 0) is 4.79 Å². The molecule has 3 N–H and O–H groups in total. The van der Waals surface area contributed by atoms with Crippen molar-refractivity contribution < 1.29 is 13.6 Å². The summed E-state index contributed by atoms with van der Waals surface area (Å²) >= 11 is 0. The molecular weight excluding hydrogens is 226 g/mol. The number of hydrogen-bond donors (Lipinski definition) is 2. The fourth-order valence-electron chi connectivity index (χ4n) is 2.07. The minimum Gasteiger partial charge on any atom is -0.322 e. The van der Waals surface area contributed by atoms with Gasteiger partial charge in [0.2, 0.25) is 5.91 Å². The summed E-state index contributed by atoms with van der Waals surface area (Å²) in [5.74, 6) is -1.71. The van der Waals surface area contributed by atoms with E-state index in [0.717, 1.165) is 31.0 Å². The molecule has 92 valence electrons. The average molecular weight is 240 g/mol. The molecule has 0 saturated heterocycles. The summed E-state index contributed by atoms with van der Waals surface area (Å²) < 4.78 is 26.2. The quantitative estimate of drug-likeness (QED) is 0.832. The highest BCUT2D eigenvalue weighted by Crippen LogP contribution is 2.28. The zero-order valence-corrected chi connectivity index (χ0v) is 9.30. The van der Waals surface area contributed by atoms with Crippen molar-refractivity contribution in [1.82, 2.24) is 0 Å². The number of carbonyl (C=O) groups excluding carboxylic acids is 1. The smallest absolute Gasteiger partial charge is 0.244 e. The summed E-state index contributed by atoms with van der Waals surface area (Å²) in [5, 5.41) is 2.35. The van der Waals surface area contributed by atoms with Gasteiger partial charge in [-0.15, -0.1) is 0 Å². The highest BCUT2D eigenvalue weighted by atomic mass is 19.1. The van der Waals surface area contributed by atoms with Crippen LogP contribution in [-0.4, -0.2) is 11.4 Å². The third-order valence-corrected chi connectivity index (χ3v) is 3.12. The predicted octanol–water partition coefficient (Wildman–Crippen LogP) is 2.17.